The topological polar surface area (TPSA) is 56.7 Å². The number of carbonyl (C=O) groups is 1. The molecule has 1 unspecified atom stereocenters. The molecule has 1 aliphatic heterocycles. The molecule has 0 bridgehead atoms. The number of hydrogen-bond donors (Lipinski definition) is 2. The highest BCUT2D eigenvalue weighted by Crippen LogP contribution is 2.18. The minimum Gasteiger partial charge on any atom is -0.356 e. The van der Waals surface area contributed by atoms with E-state index >= 15 is 0 Å². The number of halogens is 2. The molecule has 1 atom stereocenters. The summed E-state index contributed by atoms with van der Waals surface area (Å²) in [4.78, 5) is 19.3. The van der Waals surface area contributed by atoms with E-state index in [-0.39, 0.29) is 29.9 Å². The Kier molecular flexibility index (Phi) is 9.74. The molecule has 0 radical (unpaired) electrons. The van der Waals surface area contributed by atoms with Gasteiger partial charge in [0.2, 0.25) is 5.91 Å². The van der Waals surface area contributed by atoms with E-state index < -0.39 is 0 Å². The summed E-state index contributed by atoms with van der Waals surface area (Å²) >= 11 is 4.17. The van der Waals surface area contributed by atoms with Crippen molar-refractivity contribution in [1.82, 2.24) is 15.5 Å². The number of guanidine groups is 1. The van der Waals surface area contributed by atoms with E-state index in [0.29, 0.717) is 12.5 Å². The van der Waals surface area contributed by atoms with Crippen LogP contribution in [0.15, 0.2) is 17.1 Å². The predicted molar refractivity (Wildman–Crippen MR) is 116 cm³/mol. The second-order valence-electron chi connectivity index (χ2n) is 5.28. The molecule has 1 aliphatic rings. The SMILES string of the molecule is CCC(=O)N1CCC(NC(=NC)NCCc2ccc(I)s2)C1.I. The van der Waals surface area contributed by atoms with E-state index in [1.54, 1.807) is 7.05 Å². The lowest BCUT2D eigenvalue weighted by atomic mass is 10.3. The summed E-state index contributed by atoms with van der Waals surface area (Å²) < 4.78 is 1.32. The Morgan fingerprint density at radius 1 is 1.52 bits per heavy atom. The van der Waals surface area contributed by atoms with Crippen molar-refractivity contribution in [3.63, 3.8) is 0 Å². The third-order valence-corrected chi connectivity index (χ3v) is 5.65. The Balaban J connectivity index is 0.00000264. The number of carbonyl (C=O) groups excluding carboxylic acids is 1. The molecule has 1 saturated heterocycles. The Morgan fingerprint density at radius 2 is 2.30 bits per heavy atom. The van der Waals surface area contributed by atoms with Gasteiger partial charge in [-0.3, -0.25) is 9.79 Å². The smallest absolute Gasteiger partial charge is 0.222 e. The minimum atomic E-state index is 0. The van der Waals surface area contributed by atoms with Crippen molar-refractivity contribution in [1.29, 1.82) is 0 Å². The average molecular weight is 562 g/mol. The fraction of sp³-hybridized carbons (Fsp3) is 0.600. The highest BCUT2D eigenvalue weighted by Gasteiger charge is 2.25. The average Bonchev–Trinajstić information content (AvgIpc) is 3.14. The third-order valence-electron chi connectivity index (χ3n) is 3.70. The largest absolute Gasteiger partial charge is 0.356 e. The second-order valence-corrected chi connectivity index (χ2v) is 8.34. The quantitative estimate of drug-likeness (QED) is 0.330. The van der Waals surface area contributed by atoms with Gasteiger partial charge in [-0.05, 0) is 47.6 Å². The highest BCUT2D eigenvalue weighted by atomic mass is 127. The summed E-state index contributed by atoms with van der Waals surface area (Å²) in [5.41, 5.74) is 0. The Labute approximate surface area is 172 Å². The standard InChI is InChI=1S/C15H23IN4OS.HI/c1-3-14(21)20-9-7-11(10-20)19-15(17-2)18-8-6-12-4-5-13(16)22-12;/h4-5,11H,3,6-10H2,1-2H3,(H2,17,18,19);1H. The maximum absolute atomic E-state index is 11.7. The number of aliphatic imine (C=N–C) groups is 1. The summed E-state index contributed by atoms with van der Waals surface area (Å²) in [6.07, 6.45) is 2.56. The summed E-state index contributed by atoms with van der Waals surface area (Å²) in [5.74, 6) is 1.06. The zero-order chi connectivity index (χ0) is 15.9. The van der Waals surface area contributed by atoms with Gasteiger partial charge >= 0.3 is 0 Å². The molecule has 130 valence electrons. The van der Waals surface area contributed by atoms with Crippen LogP contribution in [0, 0.1) is 2.88 Å². The molecule has 5 nitrogen and oxygen atoms in total. The molecule has 2 N–H and O–H groups in total. The van der Waals surface area contributed by atoms with Gasteiger partial charge in [-0.1, -0.05) is 6.92 Å². The number of likely N-dealkylation sites (tertiary alicyclic amines) is 1. The first-order chi connectivity index (χ1) is 10.6. The monoisotopic (exact) mass is 562 g/mol. The van der Waals surface area contributed by atoms with Gasteiger partial charge < -0.3 is 15.5 Å². The molecular weight excluding hydrogens is 538 g/mol. The van der Waals surface area contributed by atoms with Crippen LogP contribution in [0.1, 0.15) is 24.6 Å². The van der Waals surface area contributed by atoms with Gasteiger partial charge in [-0.25, -0.2) is 0 Å². The lowest BCUT2D eigenvalue weighted by Crippen LogP contribution is -2.45. The lowest BCUT2D eigenvalue weighted by molar-refractivity contribution is -0.129. The van der Waals surface area contributed by atoms with Crippen LogP contribution in [-0.2, 0) is 11.2 Å². The molecule has 0 saturated carbocycles. The van der Waals surface area contributed by atoms with Crippen molar-refractivity contribution in [3.8, 4) is 0 Å². The van der Waals surface area contributed by atoms with Crippen molar-refractivity contribution in [3.05, 3.63) is 19.9 Å². The van der Waals surface area contributed by atoms with Crippen LogP contribution in [0.25, 0.3) is 0 Å². The summed E-state index contributed by atoms with van der Waals surface area (Å²) in [5, 5.41) is 6.76. The Bertz CT molecular complexity index is 535. The number of thiophene rings is 1. The molecule has 0 aromatic carbocycles. The van der Waals surface area contributed by atoms with E-state index in [2.05, 4.69) is 50.3 Å². The summed E-state index contributed by atoms with van der Waals surface area (Å²) in [6.45, 7) is 4.39. The molecule has 0 aliphatic carbocycles. The second kappa shape index (κ2) is 10.7. The normalized spacial score (nSPS) is 17.8. The van der Waals surface area contributed by atoms with Gasteiger partial charge in [-0.15, -0.1) is 35.3 Å². The molecule has 1 aromatic heterocycles. The van der Waals surface area contributed by atoms with Gasteiger partial charge in [0, 0.05) is 44.0 Å². The minimum absolute atomic E-state index is 0. The molecule has 2 heterocycles. The Hall–Kier alpha value is -0.1000. The van der Waals surface area contributed by atoms with Crippen molar-refractivity contribution >= 4 is 69.8 Å². The van der Waals surface area contributed by atoms with Crippen LogP contribution < -0.4 is 10.6 Å². The van der Waals surface area contributed by atoms with Crippen LogP contribution in [-0.4, -0.2) is 49.5 Å². The zero-order valence-electron chi connectivity index (χ0n) is 13.5. The first kappa shape index (κ1) is 20.9. The molecule has 1 amide bonds. The third kappa shape index (κ3) is 6.73. The molecule has 23 heavy (non-hydrogen) atoms. The number of hydrogen-bond acceptors (Lipinski definition) is 3. The van der Waals surface area contributed by atoms with Gasteiger partial charge in [0.1, 0.15) is 0 Å². The van der Waals surface area contributed by atoms with Crippen molar-refractivity contribution in [2.45, 2.75) is 32.2 Å². The van der Waals surface area contributed by atoms with Crippen molar-refractivity contribution < 1.29 is 4.79 Å². The van der Waals surface area contributed by atoms with Crippen molar-refractivity contribution in [2.24, 2.45) is 4.99 Å². The maximum atomic E-state index is 11.7. The molecule has 8 heteroatoms. The fourth-order valence-electron chi connectivity index (χ4n) is 2.51. The van der Waals surface area contributed by atoms with E-state index in [1.807, 2.05) is 23.2 Å². The van der Waals surface area contributed by atoms with Gasteiger partial charge in [-0.2, -0.15) is 0 Å². The Morgan fingerprint density at radius 3 is 2.91 bits per heavy atom. The van der Waals surface area contributed by atoms with Crippen LogP contribution in [0.2, 0.25) is 0 Å². The van der Waals surface area contributed by atoms with E-state index in [1.165, 1.54) is 7.76 Å². The number of nitrogens with zero attached hydrogens (tertiary/aromatic N) is 2. The molecule has 0 spiro atoms. The number of amides is 1. The number of rotatable bonds is 5. The molecule has 1 aromatic rings. The van der Waals surface area contributed by atoms with Crippen LogP contribution in [0.3, 0.4) is 0 Å². The first-order valence-corrected chi connectivity index (χ1v) is 9.51. The van der Waals surface area contributed by atoms with Gasteiger partial charge in [0.15, 0.2) is 5.96 Å². The van der Waals surface area contributed by atoms with Crippen LogP contribution in [0.5, 0.6) is 0 Å². The van der Waals surface area contributed by atoms with Gasteiger partial charge in [0.25, 0.3) is 0 Å². The molecule has 2 rings (SSSR count). The lowest BCUT2D eigenvalue weighted by Gasteiger charge is -2.18. The summed E-state index contributed by atoms with van der Waals surface area (Å²) in [7, 11) is 1.79. The predicted octanol–water partition coefficient (Wildman–Crippen LogP) is 2.69. The van der Waals surface area contributed by atoms with Crippen LogP contribution >= 0.6 is 57.9 Å². The molecule has 1 fully saturated rings. The maximum Gasteiger partial charge on any atom is 0.222 e. The molecular formula is C15H24I2N4OS. The first-order valence-electron chi connectivity index (χ1n) is 7.61. The number of nitrogens with one attached hydrogen (secondary N) is 2. The van der Waals surface area contributed by atoms with E-state index in [9.17, 15) is 4.79 Å². The van der Waals surface area contributed by atoms with E-state index in [4.69, 9.17) is 0 Å². The van der Waals surface area contributed by atoms with Crippen molar-refractivity contribution in [2.75, 3.05) is 26.7 Å². The van der Waals surface area contributed by atoms with Crippen LogP contribution in [0.4, 0.5) is 0 Å². The zero-order valence-corrected chi connectivity index (χ0v) is 18.8. The highest BCUT2D eigenvalue weighted by molar-refractivity contribution is 14.1. The van der Waals surface area contributed by atoms with E-state index in [0.717, 1.165) is 38.4 Å². The fourth-order valence-corrected chi connectivity index (χ4v) is 4.26. The summed E-state index contributed by atoms with van der Waals surface area (Å²) in [6, 6.07) is 4.62. The van der Waals surface area contributed by atoms with Gasteiger partial charge in [0.05, 0.1) is 2.88 Å².